The zero-order valence-electron chi connectivity index (χ0n) is 18.7. The van der Waals surface area contributed by atoms with E-state index >= 15 is 0 Å². The highest BCUT2D eigenvalue weighted by molar-refractivity contribution is 5.76. The fraction of sp³-hybridized carbons (Fsp3) is 0.542. The Morgan fingerprint density at radius 2 is 1.68 bits per heavy atom. The Labute approximate surface area is 185 Å². The van der Waals surface area contributed by atoms with Crippen LogP contribution in [0.1, 0.15) is 38.2 Å². The Bertz CT molecular complexity index is 847. The van der Waals surface area contributed by atoms with E-state index in [4.69, 9.17) is 4.74 Å². The summed E-state index contributed by atoms with van der Waals surface area (Å²) in [5, 5.41) is 8.99. The molecule has 2 aromatic rings. The average Bonchev–Trinajstić information content (AvgIpc) is 2.83. The number of nitrogens with zero attached hydrogens (tertiary/aromatic N) is 5. The Kier molecular flexibility index (Phi) is 6.89. The first kappa shape index (κ1) is 21.4. The summed E-state index contributed by atoms with van der Waals surface area (Å²) in [7, 11) is 1.66. The van der Waals surface area contributed by atoms with Crippen molar-refractivity contribution in [2.24, 2.45) is 0 Å². The number of rotatable bonds is 6. The summed E-state index contributed by atoms with van der Waals surface area (Å²) in [6, 6.07) is 12.6. The van der Waals surface area contributed by atoms with Gasteiger partial charge in [-0.05, 0) is 62.4 Å². The third-order valence-electron chi connectivity index (χ3n) is 6.48. The normalized spacial score (nSPS) is 19.4. The van der Waals surface area contributed by atoms with Crippen LogP contribution in [0.5, 0.6) is 5.75 Å². The van der Waals surface area contributed by atoms with Crippen LogP contribution in [0.3, 0.4) is 0 Å². The van der Waals surface area contributed by atoms with Crippen molar-refractivity contribution in [1.82, 2.24) is 15.1 Å². The van der Waals surface area contributed by atoms with Gasteiger partial charge in [-0.3, -0.25) is 4.79 Å². The van der Waals surface area contributed by atoms with Crippen molar-refractivity contribution >= 4 is 17.5 Å². The standard InChI is InChI=1S/C24H33N5O2/c1-19-5-3-4-14-29(19)23-12-11-22(25-26-23)27-15-17-28(18-16-27)24(30)13-8-20-6-9-21(31-2)10-7-20/h6-7,9-12,19H,3-5,8,13-18H2,1-2H3. The van der Waals surface area contributed by atoms with Crippen molar-refractivity contribution in [1.29, 1.82) is 0 Å². The minimum absolute atomic E-state index is 0.219. The second-order valence-corrected chi connectivity index (χ2v) is 8.50. The Morgan fingerprint density at radius 1 is 0.968 bits per heavy atom. The van der Waals surface area contributed by atoms with Gasteiger partial charge in [-0.2, -0.15) is 0 Å². The van der Waals surface area contributed by atoms with Gasteiger partial charge in [0.15, 0.2) is 11.6 Å². The highest BCUT2D eigenvalue weighted by atomic mass is 16.5. The van der Waals surface area contributed by atoms with Crippen molar-refractivity contribution in [2.45, 2.75) is 45.1 Å². The van der Waals surface area contributed by atoms with Gasteiger partial charge in [-0.15, -0.1) is 10.2 Å². The molecule has 7 nitrogen and oxygen atoms in total. The summed E-state index contributed by atoms with van der Waals surface area (Å²) in [4.78, 5) is 19.2. The smallest absolute Gasteiger partial charge is 0.223 e. The summed E-state index contributed by atoms with van der Waals surface area (Å²) >= 11 is 0. The number of aromatic nitrogens is 2. The van der Waals surface area contributed by atoms with Gasteiger partial charge in [0, 0.05) is 45.2 Å². The molecule has 0 radical (unpaired) electrons. The molecule has 1 aromatic heterocycles. The van der Waals surface area contributed by atoms with E-state index in [0.29, 0.717) is 12.5 Å². The summed E-state index contributed by atoms with van der Waals surface area (Å²) in [6.45, 7) is 6.37. The van der Waals surface area contributed by atoms with E-state index in [1.807, 2.05) is 29.2 Å². The van der Waals surface area contributed by atoms with E-state index in [1.54, 1.807) is 7.11 Å². The van der Waals surface area contributed by atoms with E-state index in [2.05, 4.69) is 39.1 Å². The summed E-state index contributed by atoms with van der Waals surface area (Å²) < 4.78 is 5.19. The number of aryl methyl sites for hydroxylation is 1. The van der Waals surface area contributed by atoms with E-state index in [-0.39, 0.29) is 5.91 Å². The van der Waals surface area contributed by atoms with E-state index in [9.17, 15) is 4.79 Å². The number of amides is 1. The first-order valence-electron chi connectivity index (χ1n) is 11.4. The Hall–Kier alpha value is -2.83. The fourth-order valence-corrected chi connectivity index (χ4v) is 4.47. The van der Waals surface area contributed by atoms with Crippen LogP contribution in [0, 0.1) is 0 Å². The lowest BCUT2D eigenvalue weighted by molar-refractivity contribution is -0.131. The summed E-state index contributed by atoms with van der Waals surface area (Å²) in [5.74, 6) is 2.94. The van der Waals surface area contributed by atoms with Crippen molar-refractivity contribution in [3.05, 3.63) is 42.0 Å². The topological polar surface area (TPSA) is 61.8 Å². The van der Waals surface area contributed by atoms with Crippen molar-refractivity contribution in [3.8, 4) is 5.75 Å². The van der Waals surface area contributed by atoms with Crippen LogP contribution < -0.4 is 14.5 Å². The molecule has 31 heavy (non-hydrogen) atoms. The van der Waals surface area contributed by atoms with E-state index in [0.717, 1.165) is 62.1 Å². The van der Waals surface area contributed by atoms with Gasteiger partial charge in [0.2, 0.25) is 5.91 Å². The molecule has 0 bridgehead atoms. The lowest BCUT2D eigenvalue weighted by Gasteiger charge is -2.36. The van der Waals surface area contributed by atoms with Crippen LogP contribution in [0.15, 0.2) is 36.4 Å². The molecule has 0 spiro atoms. The van der Waals surface area contributed by atoms with Gasteiger partial charge in [0.1, 0.15) is 5.75 Å². The van der Waals surface area contributed by atoms with Gasteiger partial charge < -0.3 is 19.4 Å². The molecule has 7 heteroatoms. The third kappa shape index (κ3) is 5.27. The average molecular weight is 424 g/mol. The molecular formula is C24H33N5O2. The van der Waals surface area contributed by atoms with Crippen molar-refractivity contribution in [2.75, 3.05) is 49.6 Å². The molecule has 2 aliphatic rings. The molecule has 0 N–H and O–H groups in total. The minimum Gasteiger partial charge on any atom is -0.497 e. The van der Waals surface area contributed by atoms with Gasteiger partial charge >= 0.3 is 0 Å². The number of benzene rings is 1. The minimum atomic E-state index is 0.219. The molecule has 1 atom stereocenters. The molecule has 2 fully saturated rings. The second kappa shape index (κ2) is 9.98. The largest absolute Gasteiger partial charge is 0.497 e. The fourth-order valence-electron chi connectivity index (χ4n) is 4.47. The highest BCUT2D eigenvalue weighted by Crippen LogP contribution is 2.24. The number of anilines is 2. The van der Waals surface area contributed by atoms with Crippen LogP contribution in [-0.2, 0) is 11.2 Å². The number of piperazine rings is 1. The van der Waals surface area contributed by atoms with Gasteiger partial charge in [0.05, 0.1) is 7.11 Å². The molecular weight excluding hydrogens is 390 g/mol. The number of ether oxygens (including phenoxy) is 1. The molecule has 0 aliphatic carbocycles. The number of carbonyl (C=O) groups excluding carboxylic acids is 1. The monoisotopic (exact) mass is 423 g/mol. The molecule has 4 rings (SSSR count). The van der Waals surface area contributed by atoms with Gasteiger partial charge in [0.25, 0.3) is 0 Å². The van der Waals surface area contributed by atoms with Crippen molar-refractivity contribution < 1.29 is 9.53 Å². The first-order chi connectivity index (χ1) is 15.1. The third-order valence-corrected chi connectivity index (χ3v) is 6.48. The highest BCUT2D eigenvalue weighted by Gasteiger charge is 2.23. The molecule has 1 amide bonds. The predicted molar refractivity (Wildman–Crippen MR) is 123 cm³/mol. The molecule has 166 valence electrons. The molecule has 2 saturated heterocycles. The molecule has 0 saturated carbocycles. The maximum absolute atomic E-state index is 12.6. The SMILES string of the molecule is COc1ccc(CCC(=O)N2CCN(c3ccc(N4CCCCC4C)nn3)CC2)cc1. The maximum Gasteiger partial charge on any atom is 0.223 e. The Balaban J connectivity index is 1.25. The lowest BCUT2D eigenvalue weighted by Crippen LogP contribution is -2.49. The number of methoxy groups -OCH3 is 1. The Morgan fingerprint density at radius 3 is 2.32 bits per heavy atom. The molecule has 1 unspecified atom stereocenters. The van der Waals surface area contributed by atoms with E-state index < -0.39 is 0 Å². The van der Waals surface area contributed by atoms with Crippen LogP contribution in [0.25, 0.3) is 0 Å². The summed E-state index contributed by atoms with van der Waals surface area (Å²) in [6.07, 6.45) is 5.03. The zero-order valence-corrected chi connectivity index (χ0v) is 18.7. The molecule has 2 aliphatic heterocycles. The predicted octanol–water partition coefficient (Wildman–Crippen LogP) is 3.15. The van der Waals surface area contributed by atoms with Crippen LogP contribution in [0.4, 0.5) is 11.6 Å². The summed E-state index contributed by atoms with van der Waals surface area (Å²) in [5.41, 5.74) is 1.16. The number of hydrogen-bond acceptors (Lipinski definition) is 6. The molecule has 1 aromatic carbocycles. The van der Waals surface area contributed by atoms with Gasteiger partial charge in [-0.25, -0.2) is 0 Å². The van der Waals surface area contributed by atoms with Crippen LogP contribution in [-0.4, -0.2) is 66.9 Å². The van der Waals surface area contributed by atoms with Crippen LogP contribution in [0.2, 0.25) is 0 Å². The number of carbonyl (C=O) groups is 1. The molecule has 3 heterocycles. The second-order valence-electron chi connectivity index (χ2n) is 8.50. The zero-order chi connectivity index (χ0) is 21.6. The quantitative estimate of drug-likeness (QED) is 0.711. The van der Waals surface area contributed by atoms with Crippen molar-refractivity contribution in [3.63, 3.8) is 0 Å². The van der Waals surface area contributed by atoms with Gasteiger partial charge in [-0.1, -0.05) is 12.1 Å². The lowest BCUT2D eigenvalue weighted by atomic mass is 10.0. The number of hydrogen-bond donors (Lipinski definition) is 0. The van der Waals surface area contributed by atoms with Crippen LogP contribution >= 0.6 is 0 Å². The maximum atomic E-state index is 12.6. The van der Waals surface area contributed by atoms with E-state index in [1.165, 1.54) is 19.3 Å². The number of piperidine rings is 1. The first-order valence-corrected chi connectivity index (χ1v) is 11.4.